The van der Waals surface area contributed by atoms with Crippen LogP contribution in [0.2, 0.25) is 0 Å². The average Bonchev–Trinajstić information content (AvgIpc) is 2.54. The second kappa shape index (κ2) is 9.40. The Bertz CT molecular complexity index is 413. The molecule has 21 heavy (non-hydrogen) atoms. The molecule has 1 amide bonds. The summed E-state index contributed by atoms with van der Waals surface area (Å²) in [7, 11) is 0. The molecule has 4 nitrogen and oxygen atoms in total. The van der Waals surface area contributed by atoms with Crippen molar-refractivity contribution in [2.24, 2.45) is 11.7 Å². The van der Waals surface area contributed by atoms with E-state index in [-0.39, 0.29) is 12.5 Å². The third-order valence-corrected chi connectivity index (χ3v) is 3.89. The second-order valence-electron chi connectivity index (χ2n) is 5.25. The van der Waals surface area contributed by atoms with Crippen molar-refractivity contribution >= 4 is 5.91 Å². The first-order valence-electron chi connectivity index (χ1n) is 7.84. The molecule has 2 N–H and O–H groups in total. The first kappa shape index (κ1) is 17.5. The van der Waals surface area contributed by atoms with Crippen molar-refractivity contribution in [1.29, 1.82) is 0 Å². The van der Waals surface area contributed by atoms with Gasteiger partial charge in [0.25, 0.3) is 5.91 Å². The number of ether oxygens (including phenoxy) is 1. The van der Waals surface area contributed by atoms with Crippen LogP contribution in [0.1, 0.15) is 39.2 Å². The van der Waals surface area contributed by atoms with Crippen LogP contribution in [-0.2, 0) is 11.3 Å². The van der Waals surface area contributed by atoms with E-state index in [9.17, 15) is 4.79 Å². The lowest BCUT2D eigenvalue weighted by molar-refractivity contribution is -0.133. The summed E-state index contributed by atoms with van der Waals surface area (Å²) in [6.07, 6.45) is 2.20. The van der Waals surface area contributed by atoms with E-state index in [1.807, 2.05) is 36.1 Å². The fourth-order valence-corrected chi connectivity index (χ4v) is 2.22. The van der Waals surface area contributed by atoms with Crippen LogP contribution in [0.5, 0.6) is 5.75 Å². The van der Waals surface area contributed by atoms with E-state index >= 15 is 0 Å². The number of amides is 1. The van der Waals surface area contributed by atoms with Crippen LogP contribution >= 0.6 is 0 Å². The largest absolute Gasteiger partial charge is 0.484 e. The minimum atomic E-state index is 0.0484. The van der Waals surface area contributed by atoms with Gasteiger partial charge in [-0.05, 0) is 30.5 Å². The van der Waals surface area contributed by atoms with Crippen molar-refractivity contribution in [3.63, 3.8) is 0 Å². The van der Waals surface area contributed by atoms with Crippen molar-refractivity contribution in [3.8, 4) is 5.75 Å². The zero-order valence-corrected chi connectivity index (χ0v) is 13.5. The van der Waals surface area contributed by atoms with Gasteiger partial charge in [0.2, 0.25) is 0 Å². The lowest BCUT2D eigenvalue weighted by Crippen LogP contribution is -2.38. The van der Waals surface area contributed by atoms with Crippen molar-refractivity contribution in [2.45, 2.75) is 40.2 Å². The van der Waals surface area contributed by atoms with Crippen LogP contribution < -0.4 is 10.5 Å². The average molecular weight is 292 g/mol. The van der Waals surface area contributed by atoms with Gasteiger partial charge in [0.1, 0.15) is 5.75 Å². The highest BCUT2D eigenvalue weighted by Gasteiger charge is 2.16. The summed E-state index contributed by atoms with van der Waals surface area (Å²) >= 11 is 0. The molecule has 0 aliphatic rings. The molecule has 0 saturated heterocycles. The highest BCUT2D eigenvalue weighted by Crippen LogP contribution is 2.13. The Hall–Kier alpha value is -1.55. The Morgan fingerprint density at radius 3 is 2.29 bits per heavy atom. The van der Waals surface area contributed by atoms with E-state index in [0.717, 1.165) is 31.5 Å². The van der Waals surface area contributed by atoms with Gasteiger partial charge in [-0.15, -0.1) is 0 Å². The summed E-state index contributed by atoms with van der Waals surface area (Å²) < 4.78 is 5.57. The molecule has 0 radical (unpaired) electrons. The maximum absolute atomic E-state index is 12.2. The monoisotopic (exact) mass is 292 g/mol. The van der Waals surface area contributed by atoms with E-state index in [0.29, 0.717) is 18.2 Å². The highest BCUT2D eigenvalue weighted by atomic mass is 16.5. The molecule has 4 heteroatoms. The zero-order valence-electron chi connectivity index (χ0n) is 13.5. The molecule has 0 atom stereocenters. The maximum atomic E-state index is 12.2. The van der Waals surface area contributed by atoms with E-state index in [4.69, 9.17) is 10.5 Å². The standard InChI is InChI=1S/C17H28N2O2/c1-4-14(5-2)12-19(6-3)17(20)13-21-16-9-7-15(11-18)8-10-16/h7-10,14H,4-6,11-13,18H2,1-3H3. The predicted molar refractivity (Wildman–Crippen MR) is 86.2 cm³/mol. The first-order valence-corrected chi connectivity index (χ1v) is 7.84. The van der Waals surface area contributed by atoms with Gasteiger partial charge in [-0.2, -0.15) is 0 Å². The Labute approximate surface area is 128 Å². The molecule has 0 fully saturated rings. The van der Waals surface area contributed by atoms with Crippen LogP contribution in [0.15, 0.2) is 24.3 Å². The van der Waals surface area contributed by atoms with Gasteiger partial charge < -0.3 is 15.4 Å². The van der Waals surface area contributed by atoms with Crippen molar-refractivity contribution in [3.05, 3.63) is 29.8 Å². The summed E-state index contributed by atoms with van der Waals surface area (Å²) in [5.41, 5.74) is 6.60. The fourth-order valence-electron chi connectivity index (χ4n) is 2.22. The summed E-state index contributed by atoms with van der Waals surface area (Å²) in [6, 6.07) is 7.54. The molecule has 0 spiro atoms. The number of hydrogen-bond donors (Lipinski definition) is 1. The number of nitrogens with zero attached hydrogens (tertiary/aromatic N) is 1. The molecule has 0 heterocycles. The molecule has 1 aromatic rings. The Morgan fingerprint density at radius 1 is 1.19 bits per heavy atom. The van der Waals surface area contributed by atoms with Gasteiger partial charge in [0, 0.05) is 19.6 Å². The SMILES string of the molecule is CCC(CC)CN(CC)C(=O)COc1ccc(CN)cc1. The van der Waals surface area contributed by atoms with Crippen LogP contribution in [-0.4, -0.2) is 30.5 Å². The zero-order chi connectivity index (χ0) is 15.7. The number of rotatable bonds is 9. The van der Waals surface area contributed by atoms with Gasteiger partial charge in [0.15, 0.2) is 6.61 Å². The number of benzene rings is 1. The molecule has 0 unspecified atom stereocenters. The maximum Gasteiger partial charge on any atom is 0.260 e. The molecule has 0 aromatic heterocycles. The molecule has 0 bridgehead atoms. The number of carbonyl (C=O) groups excluding carboxylic acids is 1. The summed E-state index contributed by atoms with van der Waals surface area (Å²) in [4.78, 5) is 14.1. The number of carbonyl (C=O) groups is 1. The molecule has 118 valence electrons. The number of likely N-dealkylation sites (N-methyl/N-ethyl adjacent to an activating group) is 1. The predicted octanol–water partition coefficient (Wildman–Crippen LogP) is 2.81. The molecular formula is C17H28N2O2. The Kier molecular flexibility index (Phi) is 7.83. The van der Waals surface area contributed by atoms with Crippen molar-refractivity contribution in [1.82, 2.24) is 4.90 Å². The van der Waals surface area contributed by atoms with E-state index < -0.39 is 0 Å². The normalized spacial score (nSPS) is 10.7. The van der Waals surface area contributed by atoms with Crippen molar-refractivity contribution < 1.29 is 9.53 Å². The summed E-state index contributed by atoms with van der Waals surface area (Å²) in [5.74, 6) is 1.32. The van der Waals surface area contributed by atoms with E-state index in [1.165, 1.54) is 0 Å². The topological polar surface area (TPSA) is 55.6 Å². The molecule has 1 aromatic carbocycles. The van der Waals surface area contributed by atoms with Gasteiger partial charge >= 0.3 is 0 Å². The molecule has 0 aliphatic heterocycles. The molecule has 0 saturated carbocycles. The number of nitrogens with two attached hydrogens (primary N) is 1. The second-order valence-corrected chi connectivity index (χ2v) is 5.25. The first-order chi connectivity index (χ1) is 10.1. The third-order valence-electron chi connectivity index (χ3n) is 3.89. The van der Waals surface area contributed by atoms with E-state index in [1.54, 1.807) is 0 Å². The molecule has 0 aliphatic carbocycles. The molecular weight excluding hydrogens is 264 g/mol. The van der Waals surface area contributed by atoms with Gasteiger partial charge in [-0.25, -0.2) is 0 Å². The minimum absolute atomic E-state index is 0.0484. The quantitative estimate of drug-likeness (QED) is 0.761. The third kappa shape index (κ3) is 5.76. The van der Waals surface area contributed by atoms with Crippen LogP contribution in [0.3, 0.4) is 0 Å². The van der Waals surface area contributed by atoms with Gasteiger partial charge in [-0.3, -0.25) is 4.79 Å². The highest BCUT2D eigenvalue weighted by molar-refractivity contribution is 5.77. The van der Waals surface area contributed by atoms with Crippen LogP contribution in [0.4, 0.5) is 0 Å². The fraction of sp³-hybridized carbons (Fsp3) is 0.588. The van der Waals surface area contributed by atoms with Gasteiger partial charge in [-0.1, -0.05) is 38.8 Å². The van der Waals surface area contributed by atoms with E-state index in [2.05, 4.69) is 13.8 Å². The number of hydrogen-bond acceptors (Lipinski definition) is 3. The van der Waals surface area contributed by atoms with Crippen LogP contribution in [0.25, 0.3) is 0 Å². The van der Waals surface area contributed by atoms with Crippen LogP contribution in [0, 0.1) is 5.92 Å². The Balaban J connectivity index is 2.49. The van der Waals surface area contributed by atoms with Gasteiger partial charge in [0.05, 0.1) is 0 Å². The lowest BCUT2D eigenvalue weighted by atomic mass is 10.0. The summed E-state index contributed by atoms with van der Waals surface area (Å²) in [5, 5.41) is 0. The summed E-state index contributed by atoms with van der Waals surface area (Å²) in [6.45, 7) is 8.50. The minimum Gasteiger partial charge on any atom is -0.484 e. The smallest absolute Gasteiger partial charge is 0.260 e. The molecule has 1 rings (SSSR count). The Morgan fingerprint density at radius 2 is 1.81 bits per heavy atom. The lowest BCUT2D eigenvalue weighted by Gasteiger charge is -2.25. The van der Waals surface area contributed by atoms with Crippen molar-refractivity contribution in [2.75, 3.05) is 19.7 Å².